The zero-order valence-corrected chi connectivity index (χ0v) is 16.2. The van der Waals surface area contributed by atoms with E-state index >= 15 is 0 Å². The molecule has 0 fully saturated rings. The van der Waals surface area contributed by atoms with Crippen LogP contribution < -0.4 is 0 Å². The molecular weight excluding hydrogens is 393 g/mol. The lowest BCUT2D eigenvalue weighted by atomic mass is 10.2. The standard InChI is InChI=1S/C18H19F3N4O2S/c1-3-24(4-2)7-8-27-17(26)12-11-22-25-15(18(19,20)21)10-13(23-16(12)25)14-6-5-9-28-14/h5-6,9-11H,3-4,7-8H2,1-2H3. The molecule has 10 heteroatoms. The van der Waals surface area contributed by atoms with Crippen molar-refractivity contribution < 1.29 is 22.7 Å². The van der Waals surface area contributed by atoms with E-state index in [9.17, 15) is 18.0 Å². The van der Waals surface area contributed by atoms with E-state index in [1.165, 1.54) is 11.3 Å². The monoisotopic (exact) mass is 412 g/mol. The molecule has 0 unspecified atom stereocenters. The highest BCUT2D eigenvalue weighted by molar-refractivity contribution is 7.13. The van der Waals surface area contributed by atoms with Crippen LogP contribution in [0.15, 0.2) is 29.8 Å². The molecule has 3 rings (SSSR count). The summed E-state index contributed by atoms with van der Waals surface area (Å²) < 4.78 is 46.4. The third-order valence-corrected chi connectivity index (χ3v) is 5.18. The molecule has 0 spiro atoms. The van der Waals surface area contributed by atoms with E-state index in [1.54, 1.807) is 17.5 Å². The summed E-state index contributed by atoms with van der Waals surface area (Å²) in [6.45, 7) is 6.28. The van der Waals surface area contributed by atoms with E-state index in [1.807, 2.05) is 13.8 Å². The first-order chi connectivity index (χ1) is 13.3. The summed E-state index contributed by atoms with van der Waals surface area (Å²) in [5.41, 5.74) is -1.13. The third-order valence-electron chi connectivity index (χ3n) is 4.29. The summed E-state index contributed by atoms with van der Waals surface area (Å²) in [6.07, 6.45) is -3.58. The number of ether oxygens (including phenoxy) is 1. The zero-order valence-electron chi connectivity index (χ0n) is 15.4. The largest absolute Gasteiger partial charge is 0.461 e. The maximum Gasteiger partial charge on any atom is 0.433 e. The highest BCUT2D eigenvalue weighted by Crippen LogP contribution is 2.33. The molecule has 0 amide bonds. The van der Waals surface area contributed by atoms with Crippen molar-refractivity contribution in [2.45, 2.75) is 20.0 Å². The quantitative estimate of drug-likeness (QED) is 0.550. The minimum absolute atomic E-state index is 0.0940. The van der Waals surface area contributed by atoms with Crippen molar-refractivity contribution in [2.75, 3.05) is 26.2 Å². The van der Waals surface area contributed by atoms with Crippen LogP contribution in [0.5, 0.6) is 0 Å². The van der Waals surface area contributed by atoms with Gasteiger partial charge in [0.25, 0.3) is 0 Å². The molecule has 0 aromatic carbocycles. The first kappa shape index (κ1) is 20.3. The van der Waals surface area contributed by atoms with Crippen LogP contribution in [0.4, 0.5) is 13.2 Å². The molecule has 0 atom stereocenters. The molecule has 28 heavy (non-hydrogen) atoms. The fraction of sp³-hybridized carbons (Fsp3) is 0.389. The maximum absolute atomic E-state index is 13.5. The number of fused-ring (bicyclic) bond motifs is 1. The molecule has 0 aliphatic rings. The first-order valence-electron chi connectivity index (χ1n) is 8.74. The third kappa shape index (κ3) is 4.17. The molecule has 0 saturated heterocycles. The van der Waals surface area contributed by atoms with Gasteiger partial charge in [0.15, 0.2) is 11.3 Å². The van der Waals surface area contributed by atoms with Gasteiger partial charge in [-0.3, -0.25) is 0 Å². The van der Waals surface area contributed by atoms with Gasteiger partial charge in [0.05, 0.1) is 16.8 Å². The Morgan fingerprint density at radius 2 is 2.07 bits per heavy atom. The molecule has 150 valence electrons. The summed E-state index contributed by atoms with van der Waals surface area (Å²) in [7, 11) is 0. The summed E-state index contributed by atoms with van der Waals surface area (Å²) in [5, 5.41) is 5.47. The summed E-state index contributed by atoms with van der Waals surface area (Å²) in [4.78, 5) is 19.3. The average Bonchev–Trinajstić information content (AvgIpc) is 3.33. The highest BCUT2D eigenvalue weighted by Gasteiger charge is 2.36. The van der Waals surface area contributed by atoms with Crippen LogP contribution in [0.3, 0.4) is 0 Å². The zero-order chi connectivity index (χ0) is 20.3. The van der Waals surface area contributed by atoms with Crippen LogP contribution in [0.25, 0.3) is 16.2 Å². The van der Waals surface area contributed by atoms with E-state index < -0.39 is 17.8 Å². The number of thiophene rings is 1. The number of carbonyl (C=O) groups excluding carboxylic acids is 1. The molecule has 3 aromatic heterocycles. The van der Waals surface area contributed by atoms with Crippen molar-refractivity contribution in [1.29, 1.82) is 0 Å². The second kappa shape index (κ2) is 8.27. The smallest absolute Gasteiger partial charge is 0.433 e. The number of hydrogen-bond donors (Lipinski definition) is 0. The minimum atomic E-state index is -4.65. The number of carbonyl (C=O) groups is 1. The molecule has 3 aromatic rings. The van der Waals surface area contributed by atoms with E-state index in [0.717, 1.165) is 25.4 Å². The number of likely N-dealkylation sites (N-methyl/N-ethyl adjacent to an activating group) is 1. The normalized spacial score (nSPS) is 12.1. The predicted octanol–water partition coefficient (Wildman–Crippen LogP) is 3.98. The molecule has 0 aliphatic heterocycles. The topological polar surface area (TPSA) is 59.7 Å². The second-order valence-electron chi connectivity index (χ2n) is 5.96. The van der Waals surface area contributed by atoms with E-state index in [-0.39, 0.29) is 23.5 Å². The molecule has 0 N–H and O–H groups in total. The van der Waals surface area contributed by atoms with Crippen LogP contribution in [-0.2, 0) is 10.9 Å². The molecule has 0 bridgehead atoms. The van der Waals surface area contributed by atoms with E-state index in [4.69, 9.17) is 4.74 Å². The summed E-state index contributed by atoms with van der Waals surface area (Å²) in [6, 6.07) is 4.32. The van der Waals surface area contributed by atoms with Crippen molar-refractivity contribution >= 4 is 23.0 Å². The van der Waals surface area contributed by atoms with Gasteiger partial charge in [-0.05, 0) is 30.6 Å². The van der Waals surface area contributed by atoms with Crippen molar-refractivity contribution in [3.63, 3.8) is 0 Å². The lowest BCUT2D eigenvalue weighted by Gasteiger charge is -2.17. The van der Waals surface area contributed by atoms with Crippen molar-refractivity contribution in [1.82, 2.24) is 19.5 Å². The van der Waals surface area contributed by atoms with Gasteiger partial charge in [-0.25, -0.2) is 14.3 Å². The number of nitrogens with zero attached hydrogens (tertiary/aromatic N) is 4. The number of halogens is 3. The Labute approximate surface area is 163 Å². The SMILES string of the molecule is CCN(CC)CCOC(=O)c1cnn2c(C(F)(F)F)cc(-c3cccs3)nc12. The molecule has 0 aliphatic carbocycles. The Kier molecular flexibility index (Phi) is 5.99. The number of alkyl halides is 3. The fourth-order valence-electron chi connectivity index (χ4n) is 2.74. The average molecular weight is 412 g/mol. The summed E-state index contributed by atoms with van der Waals surface area (Å²) in [5.74, 6) is -0.744. The Balaban J connectivity index is 1.96. The van der Waals surface area contributed by atoms with Gasteiger partial charge in [0, 0.05) is 6.54 Å². The van der Waals surface area contributed by atoms with Crippen molar-refractivity contribution in [3.8, 4) is 10.6 Å². The fourth-order valence-corrected chi connectivity index (χ4v) is 3.43. The maximum atomic E-state index is 13.5. The van der Waals surface area contributed by atoms with Gasteiger partial charge in [-0.2, -0.15) is 18.3 Å². The van der Waals surface area contributed by atoms with Crippen LogP contribution >= 0.6 is 11.3 Å². The molecule has 0 saturated carbocycles. The lowest BCUT2D eigenvalue weighted by molar-refractivity contribution is -0.142. The van der Waals surface area contributed by atoms with E-state index in [0.29, 0.717) is 15.9 Å². The van der Waals surface area contributed by atoms with Crippen LogP contribution in [-0.4, -0.2) is 51.7 Å². The number of aromatic nitrogens is 3. The molecule has 3 heterocycles. The Bertz CT molecular complexity index is 950. The summed E-state index contributed by atoms with van der Waals surface area (Å²) >= 11 is 1.26. The predicted molar refractivity (Wildman–Crippen MR) is 99.4 cm³/mol. The van der Waals surface area contributed by atoms with Gasteiger partial charge in [0.2, 0.25) is 0 Å². The van der Waals surface area contributed by atoms with Crippen LogP contribution in [0.1, 0.15) is 29.9 Å². The van der Waals surface area contributed by atoms with Gasteiger partial charge in [0.1, 0.15) is 12.2 Å². The Morgan fingerprint density at radius 3 is 2.68 bits per heavy atom. The number of rotatable bonds is 7. The first-order valence-corrected chi connectivity index (χ1v) is 9.62. The van der Waals surface area contributed by atoms with Gasteiger partial charge >= 0.3 is 12.1 Å². The highest BCUT2D eigenvalue weighted by atomic mass is 32.1. The van der Waals surface area contributed by atoms with Crippen molar-refractivity contribution in [3.05, 3.63) is 41.0 Å². The molecule has 6 nitrogen and oxygen atoms in total. The van der Waals surface area contributed by atoms with Gasteiger partial charge in [-0.15, -0.1) is 11.3 Å². The minimum Gasteiger partial charge on any atom is -0.461 e. The van der Waals surface area contributed by atoms with Crippen LogP contribution in [0, 0.1) is 0 Å². The number of esters is 1. The molecule has 0 radical (unpaired) electrons. The molecular formula is C18H19F3N4O2S. The van der Waals surface area contributed by atoms with E-state index in [2.05, 4.69) is 15.0 Å². The Hall–Kier alpha value is -2.46. The second-order valence-corrected chi connectivity index (χ2v) is 6.91. The van der Waals surface area contributed by atoms with Crippen molar-refractivity contribution in [2.24, 2.45) is 0 Å². The van der Waals surface area contributed by atoms with Crippen LogP contribution in [0.2, 0.25) is 0 Å². The van der Waals surface area contributed by atoms with Gasteiger partial charge < -0.3 is 9.64 Å². The number of hydrogen-bond acceptors (Lipinski definition) is 6. The lowest BCUT2D eigenvalue weighted by Crippen LogP contribution is -2.27. The van der Waals surface area contributed by atoms with Gasteiger partial charge in [-0.1, -0.05) is 19.9 Å². The Morgan fingerprint density at radius 1 is 1.32 bits per heavy atom.